The maximum atomic E-state index is 13.0. The average molecular weight is 640 g/mol. The first-order valence-electron chi connectivity index (χ1n) is 12.7. The number of carboxylic acids is 1. The van der Waals surface area contributed by atoms with Gasteiger partial charge in [-0.1, -0.05) is 0 Å². The zero-order chi connectivity index (χ0) is 32.4. The molecule has 3 rings (SSSR count). The van der Waals surface area contributed by atoms with Crippen molar-refractivity contribution in [1.29, 1.82) is 0 Å². The molecule has 21 heteroatoms. The highest BCUT2D eigenvalue weighted by molar-refractivity contribution is 7.47. The number of nitrogens with zero attached hydrogens (tertiary/aromatic N) is 2. The van der Waals surface area contributed by atoms with Crippen LogP contribution in [-0.2, 0) is 37.5 Å². The second-order valence-corrected chi connectivity index (χ2v) is 11.4. The van der Waals surface area contributed by atoms with E-state index in [2.05, 4.69) is 15.6 Å². The van der Waals surface area contributed by atoms with Gasteiger partial charge in [-0.3, -0.25) is 18.7 Å². The van der Waals surface area contributed by atoms with Crippen molar-refractivity contribution in [2.24, 2.45) is 0 Å². The first kappa shape index (κ1) is 34.5. The SMILES string of the molecule is CC(=O)N[C@@H]([C@@H]1O[C@](OP(=O)(O)OC[C@H]2O[C@@H](n3ccc(N)nc3=O)[C@H](O)[C@@H]2O)(C(=O)O)C[C@H](O)[C@H]1NC(C)=O)[C@H](C)O. The van der Waals surface area contributed by atoms with Gasteiger partial charge >= 0.3 is 19.5 Å². The molecule has 2 fully saturated rings. The molecule has 2 aliphatic heterocycles. The summed E-state index contributed by atoms with van der Waals surface area (Å²) < 4.78 is 34.4. The lowest BCUT2D eigenvalue weighted by Crippen LogP contribution is -2.69. The highest BCUT2D eigenvalue weighted by Gasteiger charge is 2.59. The topological polar surface area (TPSA) is 312 Å². The van der Waals surface area contributed by atoms with E-state index in [1.807, 2.05) is 0 Å². The second kappa shape index (κ2) is 13.3. The molecule has 242 valence electrons. The number of anilines is 1. The van der Waals surface area contributed by atoms with E-state index in [1.54, 1.807) is 0 Å². The molecule has 0 radical (unpaired) electrons. The Morgan fingerprint density at radius 2 is 1.91 bits per heavy atom. The number of hydrogen-bond donors (Lipinski definition) is 9. The summed E-state index contributed by atoms with van der Waals surface area (Å²) in [7, 11) is -5.49. The monoisotopic (exact) mass is 639 g/mol. The number of amides is 2. The number of carbonyl (C=O) groups is 3. The molecule has 1 aromatic heterocycles. The van der Waals surface area contributed by atoms with Crippen molar-refractivity contribution in [3.63, 3.8) is 0 Å². The van der Waals surface area contributed by atoms with Gasteiger partial charge < -0.3 is 56.3 Å². The van der Waals surface area contributed by atoms with E-state index in [-0.39, 0.29) is 5.82 Å². The number of aliphatic hydroxyl groups excluding tert-OH is 4. The minimum Gasteiger partial charge on any atom is -0.477 e. The first-order chi connectivity index (χ1) is 19.9. The normalized spacial score (nSPS) is 33.6. The summed E-state index contributed by atoms with van der Waals surface area (Å²) in [5.41, 5.74) is 4.49. The summed E-state index contributed by atoms with van der Waals surface area (Å²) in [6.07, 6.45) is -11.5. The maximum absolute atomic E-state index is 13.0. The number of nitrogens with one attached hydrogen (secondary N) is 2. The molecule has 2 saturated heterocycles. The number of aliphatic carboxylic acids is 1. The van der Waals surface area contributed by atoms with Crippen LogP contribution >= 0.6 is 7.82 Å². The van der Waals surface area contributed by atoms with E-state index in [9.17, 15) is 54.2 Å². The van der Waals surface area contributed by atoms with Gasteiger partial charge in [0.1, 0.15) is 30.2 Å². The van der Waals surface area contributed by atoms with Crippen molar-refractivity contribution in [2.45, 2.75) is 87.9 Å². The number of aliphatic hydroxyl groups is 4. The smallest absolute Gasteiger partial charge is 0.475 e. The molecule has 10 N–H and O–H groups in total. The standard InChI is InChI=1S/C22H34N5O15P/c1-8(28)14(24-9(2)29)18-15(25-10(3)30)11(31)6-22(41-18,20(34)35)42-43(37,38)39-7-12-16(32)17(33)19(40-12)27-5-4-13(23)26-21(27)36/h4-5,8,11-12,14-19,28,31-33H,6-7H2,1-3H3,(H,24,29)(H,25,30)(H,34,35)(H,37,38)(H2,23,26,36)/t8-,11-,12+,14+,15+,16+,17+,18-,19+,22+/m0/s1. The van der Waals surface area contributed by atoms with Crippen molar-refractivity contribution in [1.82, 2.24) is 20.2 Å². The molecule has 1 unspecified atom stereocenters. The summed E-state index contributed by atoms with van der Waals surface area (Å²) in [6, 6.07) is -1.67. The Morgan fingerprint density at radius 3 is 2.44 bits per heavy atom. The molecule has 0 aromatic carbocycles. The van der Waals surface area contributed by atoms with Crippen LogP contribution in [0.1, 0.15) is 33.4 Å². The number of carboxylic acid groups (broad SMARTS) is 1. The average Bonchev–Trinajstić information content (AvgIpc) is 3.15. The van der Waals surface area contributed by atoms with Gasteiger partial charge in [-0.05, 0) is 13.0 Å². The van der Waals surface area contributed by atoms with Crippen molar-refractivity contribution < 1.29 is 67.9 Å². The van der Waals surface area contributed by atoms with Gasteiger partial charge in [-0.2, -0.15) is 4.98 Å². The van der Waals surface area contributed by atoms with Gasteiger partial charge in [0.2, 0.25) is 11.8 Å². The summed E-state index contributed by atoms with van der Waals surface area (Å²) >= 11 is 0. The van der Waals surface area contributed by atoms with Crippen LogP contribution < -0.4 is 22.1 Å². The Kier molecular flexibility index (Phi) is 10.7. The van der Waals surface area contributed by atoms with Crippen molar-refractivity contribution >= 4 is 31.4 Å². The van der Waals surface area contributed by atoms with Crippen molar-refractivity contribution in [3.8, 4) is 0 Å². The van der Waals surface area contributed by atoms with Gasteiger partial charge in [0, 0.05) is 26.5 Å². The summed E-state index contributed by atoms with van der Waals surface area (Å²) in [4.78, 5) is 62.0. The van der Waals surface area contributed by atoms with Crippen LogP contribution in [0.25, 0.3) is 0 Å². The molecule has 2 aliphatic rings. The number of nitrogens with two attached hydrogens (primary N) is 1. The molecule has 43 heavy (non-hydrogen) atoms. The number of phosphoric ester groups is 1. The zero-order valence-electron chi connectivity index (χ0n) is 23.0. The molecule has 0 spiro atoms. The van der Waals surface area contributed by atoms with E-state index in [0.717, 1.165) is 24.6 Å². The predicted octanol–water partition coefficient (Wildman–Crippen LogP) is -4.10. The van der Waals surface area contributed by atoms with Crippen molar-refractivity contribution in [2.75, 3.05) is 12.3 Å². The number of carbonyl (C=O) groups excluding carboxylic acids is 2. The molecule has 3 heterocycles. The van der Waals surface area contributed by atoms with Crippen molar-refractivity contribution in [3.05, 3.63) is 22.7 Å². The third-order valence-electron chi connectivity index (χ3n) is 6.64. The molecular formula is C22H34N5O15P. The number of aromatic nitrogens is 2. The lowest BCUT2D eigenvalue weighted by Gasteiger charge is -2.47. The Labute approximate surface area is 242 Å². The number of hydrogen-bond acceptors (Lipinski definition) is 15. The minimum atomic E-state index is -5.49. The summed E-state index contributed by atoms with van der Waals surface area (Å²) in [5.74, 6) is -6.68. The van der Waals surface area contributed by atoms with E-state index < -0.39 is 105 Å². The fourth-order valence-corrected chi connectivity index (χ4v) is 5.67. The van der Waals surface area contributed by atoms with Crippen LogP contribution in [0, 0.1) is 0 Å². The third kappa shape index (κ3) is 7.92. The quantitative estimate of drug-likeness (QED) is 0.104. The van der Waals surface area contributed by atoms with E-state index in [4.69, 9.17) is 24.3 Å². The van der Waals surface area contributed by atoms with Gasteiger partial charge in [-0.15, -0.1) is 0 Å². The number of rotatable bonds is 11. The molecule has 0 saturated carbocycles. The number of nitrogen functional groups attached to an aromatic ring is 1. The van der Waals surface area contributed by atoms with Gasteiger partial charge in [0.05, 0.1) is 30.9 Å². The number of phosphoric acid groups is 1. The summed E-state index contributed by atoms with van der Waals surface area (Å²) in [6.45, 7) is 2.35. The minimum absolute atomic E-state index is 0.127. The van der Waals surface area contributed by atoms with Crippen LogP contribution in [0.4, 0.5) is 5.82 Å². The van der Waals surface area contributed by atoms with Crippen LogP contribution in [0.2, 0.25) is 0 Å². The Morgan fingerprint density at radius 1 is 1.26 bits per heavy atom. The zero-order valence-corrected chi connectivity index (χ0v) is 23.9. The highest BCUT2D eigenvalue weighted by atomic mass is 31.2. The Hall–Kier alpha value is -3.04. The number of ether oxygens (including phenoxy) is 2. The van der Waals surface area contributed by atoms with Gasteiger partial charge in [-0.25, -0.2) is 18.7 Å². The lowest BCUT2D eigenvalue weighted by molar-refractivity contribution is -0.276. The first-order valence-corrected chi connectivity index (χ1v) is 14.2. The van der Waals surface area contributed by atoms with E-state index >= 15 is 0 Å². The summed E-state index contributed by atoms with van der Waals surface area (Å²) in [5, 5.41) is 56.5. The highest BCUT2D eigenvalue weighted by Crippen LogP contribution is 2.51. The maximum Gasteiger partial charge on any atom is 0.475 e. The van der Waals surface area contributed by atoms with E-state index in [1.165, 1.54) is 13.0 Å². The molecule has 2 amide bonds. The lowest BCUT2D eigenvalue weighted by atomic mass is 9.87. The van der Waals surface area contributed by atoms with Crippen LogP contribution in [0.15, 0.2) is 17.1 Å². The predicted molar refractivity (Wildman–Crippen MR) is 138 cm³/mol. The largest absolute Gasteiger partial charge is 0.477 e. The van der Waals surface area contributed by atoms with Crippen LogP contribution in [0.3, 0.4) is 0 Å². The third-order valence-corrected chi connectivity index (χ3v) is 7.64. The van der Waals surface area contributed by atoms with Gasteiger partial charge in [0.15, 0.2) is 6.23 Å². The molecule has 1 aromatic rings. The Bertz CT molecular complexity index is 1290. The van der Waals surface area contributed by atoms with Crippen LogP contribution in [-0.4, -0.2) is 119 Å². The van der Waals surface area contributed by atoms with E-state index in [0.29, 0.717) is 0 Å². The van der Waals surface area contributed by atoms with Crippen LogP contribution in [0.5, 0.6) is 0 Å². The Balaban J connectivity index is 1.83. The molecular weight excluding hydrogens is 605 g/mol. The molecule has 11 atom stereocenters. The van der Waals surface area contributed by atoms with Gasteiger partial charge in [0.25, 0.3) is 5.79 Å². The molecule has 0 bridgehead atoms. The second-order valence-electron chi connectivity index (χ2n) is 10.0. The fraction of sp³-hybridized carbons (Fsp3) is 0.682. The molecule has 20 nitrogen and oxygen atoms in total. The molecule has 0 aliphatic carbocycles. The fourth-order valence-electron chi connectivity index (χ4n) is 4.72.